The molecule has 0 aliphatic carbocycles. The van der Waals surface area contributed by atoms with Gasteiger partial charge < -0.3 is 0 Å². The van der Waals surface area contributed by atoms with Crippen molar-refractivity contribution in [1.82, 2.24) is 5.32 Å². The molecule has 13 heavy (non-hydrogen) atoms. The molecule has 0 aromatic heterocycles. The summed E-state index contributed by atoms with van der Waals surface area (Å²) in [5, 5.41) is 4.00. The van der Waals surface area contributed by atoms with Crippen LogP contribution >= 0.6 is 0 Å². The van der Waals surface area contributed by atoms with Crippen LogP contribution in [0.5, 0.6) is 0 Å². The summed E-state index contributed by atoms with van der Waals surface area (Å²) < 4.78 is 23.3. The largest absolute Gasteiger partial charge is 0.242 e. The molecule has 1 fully saturated rings. The molecule has 0 amide bonds. The summed E-state index contributed by atoms with van der Waals surface area (Å²) in [5.74, 6) is 0. The van der Waals surface area contributed by atoms with E-state index >= 15 is 0 Å². The Bertz CT molecular complexity index is 258. The second kappa shape index (κ2) is 3.58. The van der Waals surface area contributed by atoms with Crippen molar-refractivity contribution in [3.8, 4) is 0 Å². The number of nitrogens with zero attached hydrogens (tertiary/aromatic N) is 1. The number of rotatable bonds is 1. The minimum atomic E-state index is -2.96. The third-order valence-electron chi connectivity index (χ3n) is 2.51. The quantitative estimate of drug-likeness (QED) is 0.639. The Kier molecular flexibility index (Phi) is 3.02. The zero-order valence-electron chi connectivity index (χ0n) is 8.58. The lowest BCUT2D eigenvalue weighted by Gasteiger charge is -2.29. The second-order valence-corrected chi connectivity index (χ2v) is 7.51. The smallest absolute Gasteiger partial charge is 0.158 e. The standard InChI is InChI=1S/C9H18NO2S/c1-9(2,3)13(11,12)8-4-6-10-7-5-8/h8H,4-7H2,1-3H3. The monoisotopic (exact) mass is 204 g/mol. The molecule has 0 aromatic carbocycles. The van der Waals surface area contributed by atoms with Crippen molar-refractivity contribution in [3.63, 3.8) is 0 Å². The van der Waals surface area contributed by atoms with Gasteiger partial charge in [0.1, 0.15) is 0 Å². The Morgan fingerprint density at radius 2 is 1.62 bits per heavy atom. The van der Waals surface area contributed by atoms with Crippen LogP contribution in [0.2, 0.25) is 0 Å². The van der Waals surface area contributed by atoms with E-state index in [2.05, 4.69) is 5.32 Å². The number of piperidine rings is 1. The molecule has 4 heteroatoms. The molecule has 1 radical (unpaired) electrons. The summed E-state index contributed by atoms with van der Waals surface area (Å²) in [4.78, 5) is 0. The van der Waals surface area contributed by atoms with Gasteiger partial charge in [0, 0.05) is 13.1 Å². The van der Waals surface area contributed by atoms with E-state index in [1.807, 2.05) is 0 Å². The molecule has 0 unspecified atom stereocenters. The molecular weight excluding hydrogens is 186 g/mol. The Morgan fingerprint density at radius 1 is 1.15 bits per heavy atom. The number of hydrogen-bond acceptors (Lipinski definition) is 2. The molecule has 1 aliphatic heterocycles. The highest BCUT2D eigenvalue weighted by Crippen LogP contribution is 2.25. The van der Waals surface area contributed by atoms with Crippen LogP contribution in [0.1, 0.15) is 33.6 Å². The van der Waals surface area contributed by atoms with Crippen LogP contribution < -0.4 is 5.32 Å². The van der Waals surface area contributed by atoms with Crippen molar-refractivity contribution in [3.05, 3.63) is 0 Å². The van der Waals surface area contributed by atoms with Crippen molar-refractivity contribution >= 4 is 9.84 Å². The van der Waals surface area contributed by atoms with Gasteiger partial charge >= 0.3 is 0 Å². The van der Waals surface area contributed by atoms with Gasteiger partial charge in [0.05, 0.1) is 10.00 Å². The summed E-state index contributed by atoms with van der Waals surface area (Å²) in [5.41, 5.74) is 0. The molecule has 1 rings (SSSR count). The fraction of sp³-hybridized carbons (Fsp3) is 1.00. The fourth-order valence-electron chi connectivity index (χ4n) is 1.54. The minimum absolute atomic E-state index is 0.162. The molecule has 0 spiro atoms. The van der Waals surface area contributed by atoms with Crippen LogP contribution in [0.4, 0.5) is 0 Å². The zero-order chi connectivity index (χ0) is 10.1. The first-order valence-electron chi connectivity index (χ1n) is 4.72. The summed E-state index contributed by atoms with van der Waals surface area (Å²) in [6.45, 7) is 6.73. The lowest BCUT2D eigenvalue weighted by atomic mass is 10.2. The van der Waals surface area contributed by atoms with Gasteiger partial charge in [0.25, 0.3) is 0 Å². The van der Waals surface area contributed by atoms with E-state index in [9.17, 15) is 8.42 Å². The molecule has 1 saturated heterocycles. The van der Waals surface area contributed by atoms with Gasteiger partial charge in [-0.2, -0.15) is 0 Å². The first kappa shape index (κ1) is 11.0. The summed E-state index contributed by atoms with van der Waals surface area (Å²) >= 11 is 0. The third-order valence-corrected chi connectivity index (χ3v) is 5.57. The van der Waals surface area contributed by atoms with E-state index in [4.69, 9.17) is 0 Å². The van der Waals surface area contributed by atoms with Crippen molar-refractivity contribution < 1.29 is 8.42 Å². The maximum absolute atomic E-state index is 12.0. The number of sulfone groups is 1. The van der Waals surface area contributed by atoms with Gasteiger partial charge in [-0.3, -0.25) is 0 Å². The topological polar surface area (TPSA) is 48.2 Å². The molecule has 77 valence electrons. The maximum atomic E-state index is 12.0. The lowest BCUT2D eigenvalue weighted by Crippen LogP contribution is -2.41. The van der Waals surface area contributed by atoms with Crippen molar-refractivity contribution in [2.45, 2.75) is 43.6 Å². The van der Waals surface area contributed by atoms with Crippen LogP contribution in [0, 0.1) is 0 Å². The average molecular weight is 204 g/mol. The van der Waals surface area contributed by atoms with Crippen LogP contribution in [0.25, 0.3) is 0 Å². The first-order valence-corrected chi connectivity index (χ1v) is 6.27. The van der Waals surface area contributed by atoms with E-state index in [1.54, 1.807) is 20.8 Å². The van der Waals surface area contributed by atoms with E-state index in [-0.39, 0.29) is 5.25 Å². The van der Waals surface area contributed by atoms with Crippen LogP contribution in [0.15, 0.2) is 0 Å². The minimum Gasteiger partial charge on any atom is -0.242 e. The predicted octanol–water partition coefficient (Wildman–Crippen LogP) is 0.966. The van der Waals surface area contributed by atoms with Crippen LogP contribution in [-0.2, 0) is 9.84 Å². The van der Waals surface area contributed by atoms with E-state index in [0.717, 1.165) is 0 Å². The van der Waals surface area contributed by atoms with Gasteiger partial charge in [0.15, 0.2) is 9.84 Å². The second-order valence-electron chi connectivity index (χ2n) is 4.53. The van der Waals surface area contributed by atoms with Gasteiger partial charge in [0.2, 0.25) is 0 Å². The van der Waals surface area contributed by atoms with E-state index < -0.39 is 14.6 Å². The highest BCUT2D eigenvalue weighted by Gasteiger charge is 2.37. The lowest BCUT2D eigenvalue weighted by molar-refractivity contribution is 0.475. The molecule has 0 saturated carbocycles. The first-order chi connectivity index (χ1) is 5.86. The summed E-state index contributed by atoms with van der Waals surface area (Å²) in [7, 11) is -2.96. The van der Waals surface area contributed by atoms with Crippen LogP contribution in [0.3, 0.4) is 0 Å². The van der Waals surface area contributed by atoms with Gasteiger partial charge in [-0.1, -0.05) is 0 Å². The molecule has 0 bridgehead atoms. The predicted molar refractivity (Wildman–Crippen MR) is 53.6 cm³/mol. The van der Waals surface area contributed by atoms with Crippen molar-refractivity contribution in [2.75, 3.05) is 13.1 Å². The molecule has 0 aromatic rings. The molecule has 1 heterocycles. The third kappa shape index (κ3) is 2.23. The molecular formula is C9H18NO2S. The van der Waals surface area contributed by atoms with Crippen molar-refractivity contribution in [2.24, 2.45) is 0 Å². The molecule has 0 atom stereocenters. The maximum Gasteiger partial charge on any atom is 0.158 e. The Labute approximate surface area is 80.8 Å². The normalized spacial score (nSPS) is 21.8. The van der Waals surface area contributed by atoms with E-state index in [1.165, 1.54) is 0 Å². The van der Waals surface area contributed by atoms with E-state index in [0.29, 0.717) is 25.9 Å². The highest BCUT2D eigenvalue weighted by molar-refractivity contribution is 7.93. The zero-order valence-corrected chi connectivity index (χ0v) is 9.39. The summed E-state index contributed by atoms with van der Waals surface area (Å²) in [6.07, 6.45) is 1.42. The number of hydrogen-bond donors (Lipinski definition) is 0. The van der Waals surface area contributed by atoms with Crippen LogP contribution in [-0.4, -0.2) is 31.5 Å². The van der Waals surface area contributed by atoms with Gasteiger partial charge in [-0.05, 0) is 33.6 Å². The SMILES string of the molecule is CC(C)(C)S(=O)(=O)C1CC[N]CC1. The summed E-state index contributed by atoms with van der Waals surface area (Å²) in [6, 6.07) is 0. The fourth-order valence-corrected chi connectivity index (χ4v) is 3.37. The Hall–Kier alpha value is -0.0900. The van der Waals surface area contributed by atoms with Gasteiger partial charge in [-0.25, -0.2) is 13.7 Å². The Morgan fingerprint density at radius 3 is 2.00 bits per heavy atom. The molecule has 1 aliphatic rings. The average Bonchev–Trinajstić information content (AvgIpc) is 2.04. The Balaban J connectivity index is 2.80. The molecule has 0 N–H and O–H groups in total. The van der Waals surface area contributed by atoms with Gasteiger partial charge in [-0.15, -0.1) is 0 Å². The highest BCUT2D eigenvalue weighted by atomic mass is 32.2. The molecule has 3 nitrogen and oxygen atoms in total. The van der Waals surface area contributed by atoms with Crippen molar-refractivity contribution in [1.29, 1.82) is 0 Å².